The van der Waals surface area contributed by atoms with Crippen molar-refractivity contribution in [3.8, 4) is 11.5 Å². The van der Waals surface area contributed by atoms with E-state index < -0.39 is 0 Å². The predicted octanol–water partition coefficient (Wildman–Crippen LogP) is 6.28. The Labute approximate surface area is 215 Å². The number of nitrogens with zero attached hydrogens (tertiary/aromatic N) is 1. The van der Waals surface area contributed by atoms with Crippen molar-refractivity contribution in [3.63, 3.8) is 0 Å². The van der Waals surface area contributed by atoms with Crippen molar-refractivity contribution in [3.05, 3.63) is 44.5 Å². The fraction of sp³-hybridized carbons (Fsp3) is 0.733. The molecule has 7 atom stereocenters. The van der Waals surface area contributed by atoms with Gasteiger partial charge in [0.25, 0.3) is 0 Å². The first-order valence-electron chi connectivity index (χ1n) is 13.7. The van der Waals surface area contributed by atoms with Gasteiger partial charge in [-0.1, -0.05) is 39.3 Å². The summed E-state index contributed by atoms with van der Waals surface area (Å²) in [4.78, 5) is 11.6. The van der Waals surface area contributed by atoms with E-state index in [9.17, 15) is 20.3 Å². The Kier molecular flexibility index (Phi) is 5.83. The molecular formula is C30H43NO5. The Bertz CT molecular complexity index is 1130. The fourth-order valence-corrected chi connectivity index (χ4v) is 9.10. The number of aliphatic hydroxyl groups is 1. The third kappa shape index (κ3) is 3.46. The smallest absolute Gasteiger partial charge is 0.214 e. The maximum Gasteiger partial charge on any atom is 0.214 e. The van der Waals surface area contributed by atoms with Crippen LogP contribution < -0.4 is 4.74 Å². The number of benzene rings is 1. The lowest BCUT2D eigenvalue weighted by atomic mass is 9.39. The number of aromatic hydroxyl groups is 1. The minimum atomic E-state index is -0.368. The average Bonchev–Trinajstić information content (AvgIpc) is 2.82. The summed E-state index contributed by atoms with van der Waals surface area (Å²) < 4.78 is 5.56. The van der Waals surface area contributed by atoms with Crippen LogP contribution in [0.2, 0.25) is 0 Å². The predicted molar refractivity (Wildman–Crippen MR) is 140 cm³/mol. The molecule has 4 aliphatic rings. The number of hydrogen-bond donors (Lipinski definition) is 2. The maximum absolute atomic E-state index is 11.8. The van der Waals surface area contributed by atoms with Gasteiger partial charge in [0.15, 0.2) is 11.5 Å². The van der Waals surface area contributed by atoms with Crippen molar-refractivity contribution in [1.29, 1.82) is 0 Å². The number of ether oxygens (including phenoxy) is 1. The summed E-state index contributed by atoms with van der Waals surface area (Å²) in [6.45, 7) is 11.4. The van der Waals surface area contributed by atoms with E-state index in [1.54, 1.807) is 7.11 Å². The van der Waals surface area contributed by atoms with Crippen LogP contribution in [0.4, 0.5) is 0 Å². The summed E-state index contributed by atoms with van der Waals surface area (Å²) in [6.07, 6.45) is 9.87. The maximum atomic E-state index is 11.8. The summed E-state index contributed by atoms with van der Waals surface area (Å²) in [5.41, 5.74) is 4.04. The number of rotatable bonds is 4. The van der Waals surface area contributed by atoms with Gasteiger partial charge in [0.1, 0.15) is 0 Å². The summed E-state index contributed by atoms with van der Waals surface area (Å²) in [7, 11) is 1.57. The van der Waals surface area contributed by atoms with Crippen molar-refractivity contribution in [2.75, 3.05) is 20.3 Å². The lowest BCUT2D eigenvalue weighted by Gasteiger charge is -2.65. The molecule has 6 nitrogen and oxygen atoms in total. The van der Waals surface area contributed by atoms with Gasteiger partial charge in [0, 0.05) is 16.9 Å². The van der Waals surface area contributed by atoms with Crippen LogP contribution in [0.5, 0.6) is 11.5 Å². The molecule has 0 bridgehead atoms. The molecule has 0 aromatic heterocycles. The number of aliphatic hydroxyl groups excluding tert-OH is 1. The van der Waals surface area contributed by atoms with Crippen LogP contribution in [0.25, 0.3) is 0 Å². The Morgan fingerprint density at radius 1 is 1.11 bits per heavy atom. The molecule has 0 aliphatic heterocycles. The van der Waals surface area contributed by atoms with Gasteiger partial charge in [0.2, 0.25) is 6.54 Å². The molecule has 0 saturated heterocycles. The largest absolute Gasteiger partial charge is 0.504 e. The second-order valence-electron chi connectivity index (χ2n) is 13.5. The van der Waals surface area contributed by atoms with E-state index in [4.69, 9.17) is 4.74 Å². The molecule has 1 aromatic rings. The van der Waals surface area contributed by atoms with Crippen LogP contribution in [-0.4, -0.2) is 35.4 Å². The van der Waals surface area contributed by atoms with Gasteiger partial charge in [-0.25, -0.2) is 0 Å². The molecule has 0 heterocycles. The molecule has 198 valence electrons. The molecule has 1 aromatic carbocycles. The zero-order valence-corrected chi connectivity index (χ0v) is 22.8. The van der Waals surface area contributed by atoms with Crippen molar-refractivity contribution >= 4 is 0 Å². The number of allylic oxidation sites excluding steroid dienone is 1. The van der Waals surface area contributed by atoms with Gasteiger partial charge in [-0.15, -0.1) is 0 Å². The van der Waals surface area contributed by atoms with Gasteiger partial charge in [-0.3, -0.25) is 10.1 Å². The van der Waals surface area contributed by atoms with E-state index in [1.165, 1.54) is 12.0 Å². The normalized spacial score (nSPS) is 41.3. The third-order valence-electron chi connectivity index (χ3n) is 11.4. The summed E-state index contributed by atoms with van der Waals surface area (Å²) in [5, 5.41) is 32.8. The third-order valence-corrected chi connectivity index (χ3v) is 11.4. The lowest BCUT2D eigenvalue weighted by molar-refractivity contribution is -0.481. The highest BCUT2D eigenvalue weighted by Crippen LogP contribution is 2.70. The average molecular weight is 498 g/mol. The molecule has 36 heavy (non-hydrogen) atoms. The first kappa shape index (κ1) is 25.6. The van der Waals surface area contributed by atoms with E-state index in [-0.39, 0.29) is 46.0 Å². The van der Waals surface area contributed by atoms with Crippen LogP contribution >= 0.6 is 0 Å². The van der Waals surface area contributed by atoms with Crippen LogP contribution in [0, 0.1) is 45.1 Å². The number of phenolic OH excluding ortho intramolecular Hbond substituents is 1. The van der Waals surface area contributed by atoms with E-state index in [0.717, 1.165) is 49.7 Å². The monoisotopic (exact) mass is 497 g/mol. The summed E-state index contributed by atoms with van der Waals surface area (Å²) in [5.74, 6) is 1.21. The van der Waals surface area contributed by atoms with Gasteiger partial charge in [-0.05, 0) is 103 Å². The molecule has 6 unspecified atom stereocenters. The highest BCUT2D eigenvalue weighted by molar-refractivity contribution is 5.62. The van der Waals surface area contributed by atoms with Gasteiger partial charge in [-0.2, -0.15) is 0 Å². The molecule has 0 spiro atoms. The number of nitro groups is 1. The highest BCUT2D eigenvalue weighted by atomic mass is 16.6. The minimum absolute atomic E-state index is 0.0210. The summed E-state index contributed by atoms with van der Waals surface area (Å²) >= 11 is 0. The first-order chi connectivity index (χ1) is 16.8. The van der Waals surface area contributed by atoms with Crippen LogP contribution in [0.15, 0.2) is 17.7 Å². The SMILES string of the molecule is COc1cc2c(c(C)c1O)C(C[N+](=O)[O-])C=C1C2(C)CCC2C3C[C@](C)(CO)CCC3(C)CCC12C. The number of methoxy groups -OCH3 is 1. The molecule has 0 amide bonds. The van der Waals surface area contributed by atoms with Crippen molar-refractivity contribution in [2.45, 2.75) is 90.9 Å². The molecule has 2 N–H and O–H groups in total. The highest BCUT2D eigenvalue weighted by Gasteiger charge is 2.61. The molecule has 4 aliphatic carbocycles. The van der Waals surface area contributed by atoms with Crippen LogP contribution in [0.3, 0.4) is 0 Å². The van der Waals surface area contributed by atoms with Gasteiger partial charge >= 0.3 is 0 Å². The molecule has 5 rings (SSSR count). The van der Waals surface area contributed by atoms with E-state index in [1.807, 2.05) is 13.0 Å². The first-order valence-corrected chi connectivity index (χ1v) is 13.7. The molecule has 3 fully saturated rings. The quantitative estimate of drug-likeness (QED) is 0.290. The second kappa shape index (κ2) is 8.21. The second-order valence-corrected chi connectivity index (χ2v) is 13.5. The summed E-state index contributed by atoms with van der Waals surface area (Å²) in [6, 6.07) is 1.96. The Morgan fingerprint density at radius 3 is 2.44 bits per heavy atom. The molecule has 6 heteroatoms. The van der Waals surface area contributed by atoms with Crippen LogP contribution in [0.1, 0.15) is 95.2 Å². The van der Waals surface area contributed by atoms with E-state index >= 15 is 0 Å². The van der Waals surface area contributed by atoms with Gasteiger partial charge in [0.05, 0.1) is 13.0 Å². The van der Waals surface area contributed by atoms with Crippen molar-refractivity contribution < 1.29 is 19.9 Å². The fourth-order valence-electron chi connectivity index (χ4n) is 9.10. The minimum Gasteiger partial charge on any atom is -0.504 e. The van der Waals surface area contributed by atoms with E-state index in [2.05, 4.69) is 33.8 Å². The molecule has 3 saturated carbocycles. The van der Waals surface area contributed by atoms with Crippen molar-refractivity contribution in [2.24, 2.45) is 28.1 Å². The Morgan fingerprint density at radius 2 is 1.81 bits per heavy atom. The standard InChI is InChI=1S/C30H43NO5/c1-18-25-19(16-31(34)35)13-24-29(4,21(25)14-23(36-6)26(18)33)8-7-20-22-15-27(2,17-32)9-10-28(22,3)11-12-30(20,24)5/h13-14,19-20,22,32-33H,7-12,15-17H2,1-6H3/t19?,20?,22?,27-,28?,29?,30?/m1/s1. The van der Waals surface area contributed by atoms with Gasteiger partial charge < -0.3 is 14.9 Å². The van der Waals surface area contributed by atoms with Crippen LogP contribution in [-0.2, 0) is 5.41 Å². The van der Waals surface area contributed by atoms with E-state index in [0.29, 0.717) is 28.6 Å². The Balaban J connectivity index is 1.66. The molecular weight excluding hydrogens is 454 g/mol. The molecule has 0 radical (unpaired) electrons. The number of fused-ring (bicyclic) bond motifs is 7. The zero-order valence-electron chi connectivity index (χ0n) is 22.8. The zero-order chi connectivity index (χ0) is 26.3. The Hall–Kier alpha value is -2.08. The topological polar surface area (TPSA) is 92.8 Å². The number of phenols is 1. The van der Waals surface area contributed by atoms with Crippen molar-refractivity contribution in [1.82, 2.24) is 0 Å². The lowest BCUT2D eigenvalue weighted by Crippen LogP contribution is -2.57. The number of hydrogen-bond acceptors (Lipinski definition) is 5.